The van der Waals surface area contributed by atoms with Crippen molar-refractivity contribution in [3.05, 3.63) is 24.3 Å². The van der Waals surface area contributed by atoms with E-state index in [4.69, 9.17) is 52.1 Å². The highest BCUT2D eigenvalue weighted by atomic mass is 16.8. The van der Waals surface area contributed by atoms with Gasteiger partial charge < -0.3 is 108 Å². The lowest BCUT2D eigenvalue weighted by Crippen LogP contribution is -2.65. The Morgan fingerprint density at radius 3 is 1.02 bits per heavy atom. The third-order valence-corrected chi connectivity index (χ3v) is 16.9. The summed E-state index contributed by atoms with van der Waals surface area (Å²) in [4.78, 5) is 0. The van der Waals surface area contributed by atoms with Gasteiger partial charge in [0.1, 0.15) is 97.7 Å². The molecule has 22 unspecified atom stereocenters. The summed E-state index contributed by atoms with van der Waals surface area (Å²) in [6, 6.07) is 0. The van der Waals surface area contributed by atoms with Gasteiger partial charge in [-0.2, -0.15) is 0 Å². The summed E-state index contributed by atoms with van der Waals surface area (Å²) < 4.78 is 65.0. The first kappa shape index (κ1) is 77.1. The van der Waals surface area contributed by atoms with Crippen molar-refractivity contribution in [3.8, 4) is 0 Å². The fourth-order valence-electron chi connectivity index (χ4n) is 11.6. The summed E-state index contributed by atoms with van der Waals surface area (Å²) in [5, 5.41) is 116. The van der Waals surface area contributed by atoms with Gasteiger partial charge in [-0.15, -0.1) is 0 Å². The maximum absolute atomic E-state index is 11.1. The molecule has 506 valence electrons. The lowest BCUT2D eigenvalue weighted by molar-refractivity contribution is -0.373. The number of aliphatic hydroxyl groups excluding tert-OH is 11. The predicted octanol–water partition coefficient (Wildman–Crippen LogP) is 5.43. The van der Waals surface area contributed by atoms with Gasteiger partial charge in [0.05, 0.1) is 38.6 Å². The van der Waals surface area contributed by atoms with Crippen molar-refractivity contribution in [2.24, 2.45) is 0 Å². The largest absolute Gasteiger partial charge is 0.394 e. The van der Waals surface area contributed by atoms with Gasteiger partial charge in [-0.05, 0) is 97.8 Å². The van der Waals surface area contributed by atoms with E-state index in [1.54, 1.807) is 0 Å². The third-order valence-electron chi connectivity index (χ3n) is 16.9. The van der Waals surface area contributed by atoms with Crippen LogP contribution in [-0.4, -0.2) is 237 Å². The Bertz CT molecular complexity index is 1720. The molecule has 0 aromatic carbocycles. The lowest BCUT2D eigenvalue weighted by Gasteiger charge is -2.47. The highest BCUT2D eigenvalue weighted by Gasteiger charge is 2.54. The van der Waals surface area contributed by atoms with Crippen LogP contribution in [0, 0.1) is 0 Å². The number of fused-ring (bicyclic) bond motifs is 38. The van der Waals surface area contributed by atoms with E-state index >= 15 is 0 Å². The molecule has 0 amide bonds. The van der Waals surface area contributed by atoms with Gasteiger partial charge in [-0.25, -0.2) is 0 Å². The molecule has 11 N–H and O–H groups in total. The monoisotopic (exact) mass is 1240 g/mol. The Labute approximate surface area is 513 Å². The second-order valence-corrected chi connectivity index (χ2v) is 23.8. The van der Waals surface area contributed by atoms with Crippen LogP contribution in [0.25, 0.3) is 0 Å². The SMILES string of the molecule is CC.CC1CCCCCC/C=C\CCCCCCCCOC2C(CO)OC(OC3C(O1)OC(CO)C(O)C3O)C(O)C2O.CCOCC1OC2OC3C(OC(C)CCCCCC/C=C\CCCCCCCCOC1C(O)C2O)OC(CO)C(O)C3O. The van der Waals surface area contributed by atoms with Gasteiger partial charge >= 0.3 is 0 Å². The minimum absolute atomic E-state index is 0.106. The van der Waals surface area contributed by atoms with Crippen LogP contribution in [0.2, 0.25) is 0 Å². The van der Waals surface area contributed by atoms with Crippen molar-refractivity contribution in [1.29, 1.82) is 0 Å². The molecular weight excluding hydrogens is 1120 g/mol. The Morgan fingerprint density at radius 1 is 0.337 bits per heavy atom. The number of aliphatic hydroxyl groups is 11. The molecule has 0 aromatic heterocycles. The van der Waals surface area contributed by atoms with Crippen molar-refractivity contribution in [3.63, 3.8) is 0 Å². The van der Waals surface area contributed by atoms with Crippen molar-refractivity contribution in [2.75, 3.05) is 46.2 Å². The quantitative estimate of drug-likeness (QED) is 0.148. The van der Waals surface area contributed by atoms with Crippen LogP contribution in [0.5, 0.6) is 0 Å². The fraction of sp³-hybridized carbons (Fsp3) is 0.938. The Kier molecular flexibility index (Phi) is 40.3. The number of ether oxygens (including phenoxy) is 11. The zero-order valence-corrected chi connectivity index (χ0v) is 52.8. The molecule has 8 heterocycles. The molecule has 8 rings (SSSR count). The molecule has 22 heteroatoms. The Hall–Kier alpha value is -1.40. The van der Waals surface area contributed by atoms with Crippen LogP contribution < -0.4 is 0 Å². The minimum Gasteiger partial charge on any atom is -0.394 e. The maximum Gasteiger partial charge on any atom is 0.187 e. The second-order valence-electron chi connectivity index (χ2n) is 23.8. The fourth-order valence-corrected chi connectivity index (χ4v) is 11.6. The molecule has 0 radical (unpaired) electrons. The topological polar surface area (TPSA) is 324 Å². The number of allylic oxidation sites excluding steroid dienone is 4. The summed E-state index contributed by atoms with van der Waals surface area (Å²) in [7, 11) is 0. The zero-order valence-electron chi connectivity index (χ0n) is 52.8. The van der Waals surface area contributed by atoms with E-state index in [-0.39, 0.29) is 18.8 Å². The Balaban J connectivity index is 0.000000358. The first-order valence-electron chi connectivity index (χ1n) is 33.4. The average Bonchev–Trinajstić information content (AvgIpc) is 2.60. The van der Waals surface area contributed by atoms with Crippen LogP contribution in [0.3, 0.4) is 0 Å². The first-order chi connectivity index (χ1) is 41.7. The van der Waals surface area contributed by atoms with Gasteiger partial charge in [0.15, 0.2) is 25.2 Å². The van der Waals surface area contributed by atoms with Gasteiger partial charge in [0, 0.05) is 19.8 Å². The molecule has 86 heavy (non-hydrogen) atoms. The average molecular weight is 1240 g/mol. The van der Waals surface area contributed by atoms with E-state index in [0.29, 0.717) is 19.8 Å². The maximum atomic E-state index is 11.1. The third kappa shape index (κ3) is 26.3. The van der Waals surface area contributed by atoms with Crippen LogP contribution in [-0.2, 0) is 52.1 Å². The van der Waals surface area contributed by atoms with E-state index in [1.165, 1.54) is 32.1 Å². The predicted molar refractivity (Wildman–Crippen MR) is 320 cm³/mol. The van der Waals surface area contributed by atoms with E-state index in [1.807, 2.05) is 34.6 Å². The molecule has 0 saturated carbocycles. The standard InChI is InChI=1S/C32H58O11.C30H54O11.C2H6/c1-3-38-21-24-29-27(36)28(37)31(42-24)43-30-26(35)25(34)23(20-33)41-32(30)40-22(2)18-16-14-12-10-8-6-4-5-7-9-11-13-15-17-19-39-29;1-20-16-14-12-10-8-6-4-2-3-5-7-9-11-13-15-17-37-27-22(19-32)40-29(26(36)25(27)35)41-28-24(34)23(33)21(18-31)39-30(28)38-20;1-2/h4,6,22-37H,3,5,7-21H2,1-2H3;2,4,20-36H,3,5-19H2,1H3;1-2H3/b6-4-;4-2-;. The van der Waals surface area contributed by atoms with Crippen molar-refractivity contribution >= 4 is 0 Å². The molecule has 0 aliphatic carbocycles. The minimum atomic E-state index is -1.56. The van der Waals surface area contributed by atoms with Gasteiger partial charge in [0.2, 0.25) is 0 Å². The molecule has 4 fully saturated rings. The summed E-state index contributed by atoms with van der Waals surface area (Å²) in [6.07, 6.45) is 10.8. The zero-order chi connectivity index (χ0) is 62.6. The molecule has 0 spiro atoms. The smallest absolute Gasteiger partial charge is 0.187 e. The highest BCUT2D eigenvalue weighted by molar-refractivity contribution is 4.97. The molecule has 8 aliphatic rings. The van der Waals surface area contributed by atoms with Crippen molar-refractivity contribution < 1.29 is 108 Å². The van der Waals surface area contributed by atoms with Crippen LogP contribution in [0.4, 0.5) is 0 Å². The molecule has 4 bridgehead atoms. The normalized spacial score (nSPS) is 41.1. The van der Waals surface area contributed by atoms with Crippen LogP contribution in [0.1, 0.15) is 202 Å². The Morgan fingerprint density at radius 2 is 0.651 bits per heavy atom. The molecular formula is C64H118O22. The molecule has 22 atom stereocenters. The van der Waals surface area contributed by atoms with Gasteiger partial charge in [0.25, 0.3) is 0 Å². The van der Waals surface area contributed by atoms with Crippen molar-refractivity contribution in [1.82, 2.24) is 0 Å². The van der Waals surface area contributed by atoms with E-state index < -0.39 is 143 Å². The van der Waals surface area contributed by atoms with Crippen LogP contribution >= 0.6 is 0 Å². The summed E-state index contributed by atoms with van der Waals surface area (Å²) in [5.74, 6) is 0. The second kappa shape index (κ2) is 45.0. The van der Waals surface area contributed by atoms with E-state index in [0.717, 1.165) is 135 Å². The lowest BCUT2D eigenvalue weighted by atomic mass is 9.97. The molecule has 4 saturated heterocycles. The molecule has 8 aliphatic heterocycles. The van der Waals surface area contributed by atoms with Gasteiger partial charge in [-0.1, -0.05) is 128 Å². The van der Waals surface area contributed by atoms with Crippen LogP contribution in [0.15, 0.2) is 24.3 Å². The summed E-state index contributed by atoms with van der Waals surface area (Å²) in [6.45, 7) is 9.36. The molecule has 22 nitrogen and oxygen atoms in total. The summed E-state index contributed by atoms with van der Waals surface area (Å²) in [5.41, 5.74) is 0. The number of rotatable bonds is 6. The number of hydrogen-bond acceptors (Lipinski definition) is 22. The van der Waals surface area contributed by atoms with E-state index in [2.05, 4.69) is 24.3 Å². The number of hydrogen-bond donors (Lipinski definition) is 11. The summed E-state index contributed by atoms with van der Waals surface area (Å²) >= 11 is 0. The van der Waals surface area contributed by atoms with Gasteiger partial charge in [-0.3, -0.25) is 0 Å². The molecule has 0 aromatic rings. The van der Waals surface area contributed by atoms with Crippen molar-refractivity contribution in [2.45, 2.75) is 337 Å². The highest BCUT2D eigenvalue weighted by Crippen LogP contribution is 2.34. The first-order valence-corrected chi connectivity index (χ1v) is 33.4. The van der Waals surface area contributed by atoms with E-state index in [9.17, 15) is 56.2 Å².